The van der Waals surface area contributed by atoms with Crippen LogP contribution in [0, 0.1) is 17.7 Å². The lowest BCUT2D eigenvalue weighted by atomic mass is 9.63. The van der Waals surface area contributed by atoms with Crippen LogP contribution in [0.15, 0.2) is 18.2 Å². The highest BCUT2D eigenvalue weighted by atomic mass is 19.1. The Bertz CT molecular complexity index is 644. The van der Waals surface area contributed by atoms with Crippen molar-refractivity contribution in [1.29, 1.82) is 0 Å². The smallest absolute Gasteiger partial charge is 0.373 e. The van der Waals surface area contributed by atoms with Gasteiger partial charge < -0.3 is 14.6 Å². The SMILES string of the molecule is O=C(O)C1Oc2c(F)cccc2C(C2CCCCC2)(C2CCCCC2)O1. The third-order valence-corrected chi connectivity index (χ3v) is 6.54. The highest BCUT2D eigenvalue weighted by Crippen LogP contribution is 2.56. The van der Waals surface area contributed by atoms with Gasteiger partial charge in [-0.25, -0.2) is 9.18 Å². The van der Waals surface area contributed by atoms with Crippen molar-refractivity contribution in [3.05, 3.63) is 29.6 Å². The standard InChI is InChI=1S/C21H27FO4/c22-17-13-7-12-16-18(17)25-20(19(23)24)26-21(16,14-8-3-1-4-9-14)15-10-5-2-6-11-15/h7,12-15,20H,1-6,8-11H2,(H,23,24). The molecule has 26 heavy (non-hydrogen) atoms. The van der Waals surface area contributed by atoms with Crippen LogP contribution in [0.3, 0.4) is 0 Å². The normalized spacial score (nSPS) is 26.7. The van der Waals surface area contributed by atoms with Gasteiger partial charge in [-0.05, 0) is 43.6 Å². The summed E-state index contributed by atoms with van der Waals surface area (Å²) in [6.45, 7) is 0. The van der Waals surface area contributed by atoms with Crippen LogP contribution in [0.2, 0.25) is 0 Å². The molecule has 0 aromatic heterocycles. The lowest BCUT2D eigenvalue weighted by molar-refractivity contribution is -0.252. The van der Waals surface area contributed by atoms with Crippen molar-refractivity contribution < 1.29 is 23.8 Å². The topological polar surface area (TPSA) is 55.8 Å². The fourth-order valence-corrected chi connectivity index (χ4v) is 5.44. The predicted octanol–water partition coefficient (Wildman–Crippen LogP) is 5.00. The van der Waals surface area contributed by atoms with Crippen molar-refractivity contribution >= 4 is 5.97 Å². The third kappa shape index (κ3) is 2.90. The number of hydrogen-bond acceptors (Lipinski definition) is 3. The number of halogens is 1. The Balaban J connectivity index is 1.87. The number of aliphatic carboxylic acids is 1. The van der Waals surface area contributed by atoms with Crippen molar-refractivity contribution in [2.45, 2.75) is 76.1 Å². The number of carboxylic acids is 1. The van der Waals surface area contributed by atoms with Crippen LogP contribution in [0.1, 0.15) is 69.8 Å². The summed E-state index contributed by atoms with van der Waals surface area (Å²) in [6.07, 6.45) is 9.42. The van der Waals surface area contributed by atoms with Crippen LogP contribution in [0.25, 0.3) is 0 Å². The van der Waals surface area contributed by atoms with Gasteiger partial charge >= 0.3 is 5.97 Å². The average molecular weight is 362 g/mol. The van der Waals surface area contributed by atoms with Gasteiger partial charge in [0.1, 0.15) is 5.60 Å². The molecule has 0 saturated heterocycles. The number of rotatable bonds is 3. The molecular formula is C21H27FO4. The molecule has 1 aromatic rings. The van der Waals surface area contributed by atoms with Crippen molar-refractivity contribution in [1.82, 2.24) is 0 Å². The second-order valence-electron chi connectivity index (χ2n) is 7.99. The molecule has 0 radical (unpaired) electrons. The highest BCUT2D eigenvalue weighted by molar-refractivity contribution is 5.72. The summed E-state index contributed by atoms with van der Waals surface area (Å²) in [6, 6.07) is 4.93. The lowest BCUT2D eigenvalue weighted by Gasteiger charge is -2.52. The summed E-state index contributed by atoms with van der Waals surface area (Å²) in [7, 11) is 0. The van der Waals surface area contributed by atoms with E-state index in [9.17, 15) is 14.3 Å². The first-order chi connectivity index (χ1) is 12.6. The molecule has 1 aromatic carbocycles. The zero-order chi connectivity index (χ0) is 18.1. The van der Waals surface area contributed by atoms with Crippen LogP contribution in [-0.4, -0.2) is 17.4 Å². The van der Waals surface area contributed by atoms with E-state index in [1.54, 1.807) is 6.07 Å². The summed E-state index contributed by atoms with van der Waals surface area (Å²) < 4.78 is 26.4. The summed E-state index contributed by atoms with van der Waals surface area (Å²) in [5.74, 6) is -1.17. The van der Waals surface area contributed by atoms with E-state index in [4.69, 9.17) is 9.47 Å². The molecule has 1 unspecified atom stereocenters. The molecule has 2 fully saturated rings. The van der Waals surface area contributed by atoms with E-state index < -0.39 is 23.7 Å². The monoisotopic (exact) mass is 362 g/mol. The number of benzene rings is 1. The number of carbonyl (C=O) groups is 1. The Kier molecular flexibility index (Phi) is 4.91. The predicted molar refractivity (Wildman–Crippen MR) is 94.4 cm³/mol. The number of fused-ring (bicyclic) bond motifs is 1. The maximum absolute atomic E-state index is 14.6. The Labute approximate surface area is 153 Å². The molecule has 1 N–H and O–H groups in total. The number of para-hydroxylation sites is 1. The summed E-state index contributed by atoms with van der Waals surface area (Å²) in [5.41, 5.74) is -0.0200. The highest BCUT2D eigenvalue weighted by Gasteiger charge is 2.55. The van der Waals surface area contributed by atoms with Crippen molar-refractivity contribution in [2.24, 2.45) is 11.8 Å². The summed E-state index contributed by atoms with van der Waals surface area (Å²) >= 11 is 0. The molecule has 1 atom stereocenters. The number of carboxylic acid groups (broad SMARTS) is 1. The second-order valence-corrected chi connectivity index (χ2v) is 7.99. The second kappa shape index (κ2) is 7.18. The Morgan fingerprint density at radius 1 is 1.00 bits per heavy atom. The molecule has 142 valence electrons. The molecule has 3 aliphatic rings. The number of hydrogen-bond donors (Lipinski definition) is 1. The lowest BCUT2D eigenvalue weighted by Crippen LogP contribution is -2.54. The first-order valence-corrected chi connectivity index (χ1v) is 9.99. The average Bonchev–Trinajstić information content (AvgIpc) is 2.69. The fraction of sp³-hybridized carbons (Fsp3) is 0.667. The van der Waals surface area contributed by atoms with E-state index in [2.05, 4.69) is 0 Å². The van der Waals surface area contributed by atoms with E-state index in [0.29, 0.717) is 0 Å². The van der Waals surface area contributed by atoms with E-state index in [-0.39, 0.29) is 17.6 Å². The molecule has 4 rings (SSSR count). The van der Waals surface area contributed by atoms with Crippen LogP contribution < -0.4 is 4.74 Å². The maximum Gasteiger partial charge on any atom is 0.373 e. The van der Waals surface area contributed by atoms with Gasteiger partial charge in [-0.1, -0.05) is 50.7 Å². The van der Waals surface area contributed by atoms with Gasteiger partial charge in [0, 0.05) is 5.56 Å². The number of ether oxygens (including phenoxy) is 2. The van der Waals surface area contributed by atoms with Gasteiger partial charge in [0.25, 0.3) is 6.29 Å². The molecule has 0 spiro atoms. The first kappa shape index (κ1) is 17.8. The molecule has 1 heterocycles. The maximum atomic E-state index is 14.6. The quantitative estimate of drug-likeness (QED) is 0.822. The molecule has 0 amide bonds. The molecule has 1 aliphatic heterocycles. The van der Waals surface area contributed by atoms with E-state index in [1.165, 1.54) is 18.9 Å². The Morgan fingerprint density at radius 3 is 2.12 bits per heavy atom. The van der Waals surface area contributed by atoms with Gasteiger partial charge in [0.15, 0.2) is 11.6 Å². The zero-order valence-electron chi connectivity index (χ0n) is 15.1. The molecular weight excluding hydrogens is 335 g/mol. The Morgan fingerprint density at radius 2 is 1.58 bits per heavy atom. The molecule has 4 nitrogen and oxygen atoms in total. The molecule has 2 saturated carbocycles. The van der Waals surface area contributed by atoms with Crippen LogP contribution in [0.5, 0.6) is 5.75 Å². The minimum Gasteiger partial charge on any atom is -0.477 e. The van der Waals surface area contributed by atoms with Crippen LogP contribution in [0.4, 0.5) is 4.39 Å². The van der Waals surface area contributed by atoms with Gasteiger partial charge in [0.05, 0.1) is 0 Å². The van der Waals surface area contributed by atoms with Gasteiger partial charge in [-0.15, -0.1) is 0 Å². The molecule has 0 bridgehead atoms. The Hall–Kier alpha value is -1.62. The van der Waals surface area contributed by atoms with Gasteiger partial charge in [0.2, 0.25) is 0 Å². The largest absolute Gasteiger partial charge is 0.477 e. The van der Waals surface area contributed by atoms with E-state index in [0.717, 1.165) is 56.9 Å². The molecule has 5 heteroatoms. The van der Waals surface area contributed by atoms with Crippen molar-refractivity contribution in [3.8, 4) is 5.75 Å². The van der Waals surface area contributed by atoms with Crippen LogP contribution in [-0.2, 0) is 15.1 Å². The van der Waals surface area contributed by atoms with Crippen molar-refractivity contribution in [2.75, 3.05) is 0 Å². The third-order valence-electron chi connectivity index (χ3n) is 6.54. The van der Waals surface area contributed by atoms with Gasteiger partial charge in [-0.3, -0.25) is 0 Å². The summed E-state index contributed by atoms with van der Waals surface area (Å²) in [5, 5.41) is 9.61. The van der Waals surface area contributed by atoms with Crippen LogP contribution >= 0.6 is 0 Å². The summed E-state index contributed by atoms with van der Waals surface area (Å²) in [4.78, 5) is 11.8. The fourth-order valence-electron chi connectivity index (χ4n) is 5.44. The van der Waals surface area contributed by atoms with Gasteiger partial charge in [-0.2, -0.15) is 0 Å². The minimum atomic E-state index is -1.44. The minimum absolute atomic E-state index is 0.0855. The van der Waals surface area contributed by atoms with E-state index in [1.807, 2.05) is 6.07 Å². The van der Waals surface area contributed by atoms with Crippen molar-refractivity contribution in [3.63, 3.8) is 0 Å². The zero-order valence-corrected chi connectivity index (χ0v) is 15.1. The molecule has 2 aliphatic carbocycles. The first-order valence-electron chi connectivity index (χ1n) is 9.99. The van der Waals surface area contributed by atoms with E-state index >= 15 is 0 Å².